The minimum absolute atomic E-state index is 0.0343. The van der Waals surface area contributed by atoms with Gasteiger partial charge in [-0.3, -0.25) is 4.68 Å². The van der Waals surface area contributed by atoms with Crippen molar-refractivity contribution in [2.75, 3.05) is 0 Å². The molecule has 3 nitrogen and oxygen atoms in total. The van der Waals surface area contributed by atoms with E-state index >= 15 is 0 Å². The average Bonchev–Trinajstić information content (AvgIpc) is 2.82. The summed E-state index contributed by atoms with van der Waals surface area (Å²) < 4.78 is 26.9. The zero-order chi connectivity index (χ0) is 11.7. The number of aryl methyl sites for hydroxylation is 1. The van der Waals surface area contributed by atoms with Crippen LogP contribution in [0.15, 0.2) is 18.3 Å². The number of alkyl halides is 2. The highest BCUT2D eigenvalue weighted by molar-refractivity contribution is 7.15. The highest BCUT2D eigenvalue weighted by Gasteiger charge is 2.19. The summed E-state index contributed by atoms with van der Waals surface area (Å²) in [5, 5.41) is 4.06. The standard InChI is InChI=1S/C10H11F2N3S/c1-15-5-7(10(11)12)9(14-15)8-3-2-6(4-13)16-8/h2-3,5,10H,4,13H2,1H3. The number of thiophene rings is 1. The van der Waals surface area contributed by atoms with E-state index in [1.165, 1.54) is 22.2 Å². The summed E-state index contributed by atoms with van der Waals surface area (Å²) in [5.74, 6) is 0. The summed E-state index contributed by atoms with van der Waals surface area (Å²) in [6, 6.07) is 3.62. The first-order valence-electron chi connectivity index (χ1n) is 4.72. The van der Waals surface area contributed by atoms with E-state index < -0.39 is 6.43 Å². The van der Waals surface area contributed by atoms with Gasteiger partial charge in [0.25, 0.3) is 6.43 Å². The molecule has 0 spiro atoms. The second kappa shape index (κ2) is 4.31. The molecule has 0 saturated carbocycles. The largest absolute Gasteiger partial charge is 0.326 e. The zero-order valence-electron chi connectivity index (χ0n) is 8.65. The normalized spacial score (nSPS) is 11.3. The first-order valence-corrected chi connectivity index (χ1v) is 5.54. The average molecular weight is 243 g/mol. The summed E-state index contributed by atoms with van der Waals surface area (Å²) in [7, 11) is 1.63. The second-order valence-corrected chi connectivity index (χ2v) is 4.55. The lowest BCUT2D eigenvalue weighted by Crippen LogP contribution is -1.91. The molecule has 0 fully saturated rings. The molecule has 0 atom stereocenters. The Hall–Kier alpha value is -1.27. The third-order valence-electron chi connectivity index (χ3n) is 2.19. The maximum absolute atomic E-state index is 12.7. The molecule has 0 aliphatic heterocycles. The predicted octanol–water partition coefficient (Wildman–Crippen LogP) is 2.54. The van der Waals surface area contributed by atoms with E-state index in [1.807, 2.05) is 6.07 Å². The molecule has 0 aromatic carbocycles. The molecule has 0 unspecified atom stereocenters. The van der Waals surface area contributed by atoms with Crippen molar-refractivity contribution >= 4 is 11.3 Å². The van der Waals surface area contributed by atoms with Gasteiger partial charge < -0.3 is 5.73 Å². The van der Waals surface area contributed by atoms with Gasteiger partial charge in [-0.2, -0.15) is 5.10 Å². The van der Waals surface area contributed by atoms with Gasteiger partial charge in [-0.15, -0.1) is 11.3 Å². The first-order chi connectivity index (χ1) is 7.61. The molecule has 0 aliphatic carbocycles. The Morgan fingerprint density at radius 3 is 2.81 bits per heavy atom. The molecule has 0 radical (unpaired) electrons. The molecule has 0 amide bonds. The van der Waals surface area contributed by atoms with Crippen LogP contribution < -0.4 is 5.73 Å². The lowest BCUT2D eigenvalue weighted by Gasteiger charge is -1.97. The van der Waals surface area contributed by atoms with Gasteiger partial charge in [0, 0.05) is 24.7 Å². The Balaban J connectivity index is 2.46. The van der Waals surface area contributed by atoms with E-state index in [-0.39, 0.29) is 5.56 Å². The fraction of sp³-hybridized carbons (Fsp3) is 0.300. The van der Waals surface area contributed by atoms with Crippen LogP contribution in [0.2, 0.25) is 0 Å². The number of aromatic nitrogens is 2. The van der Waals surface area contributed by atoms with Crippen molar-refractivity contribution in [3.63, 3.8) is 0 Å². The summed E-state index contributed by atoms with van der Waals surface area (Å²) in [4.78, 5) is 1.69. The number of halogens is 2. The van der Waals surface area contributed by atoms with Gasteiger partial charge in [-0.1, -0.05) is 0 Å². The van der Waals surface area contributed by atoms with Gasteiger partial charge in [-0.05, 0) is 12.1 Å². The minimum Gasteiger partial charge on any atom is -0.326 e. The monoisotopic (exact) mass is 243 g/mol. The number of hydrogen-bond acceptors (Lipinski definition) is 3. The van der Waals surface area contributed by atoms with Crippen molar-refractivity contribution in [2.45, 2.75) is 13.0 Å². The third kappa shape index (κ3) is 1.98. The van der Waals surface area contributed by atoms with Crippen LogP contribution in [-0.2, 0) is 13.6 Å². The topological polar surface area (TPSA) is 43.8 Å². The Bertz CT molecular complexity index is 490. The van der Waals surface area contributed by atoms with Crippen LogP contribution in [-0.4, -0.2) is 9.78 Å². The highest BCUT2D eigenvalue weighted by Crippen LogP contribution is 2.33. The van der Waals surface area contributed by atoms with Crippen LogP contribution in [0.25, 0.3) is 10.6 Å². The Morgan fingerprint density at radius 2 is 2.25 bits per heavy atom. The second-order valence-electron chi connectivity index (χ2n) is 3.38. The molecule has 0 aliphatic rings. The summed E-state index contributed by atoms with van der Waals surface area (Å²) in [6.07, 6.45) is -1.16. The Morgan fingerprint density at radius 1 is 1.50 bits per heavy atom. The molecule has 2 N–H and O–H groups in total. The zero-order valence-corrected chi connectivity index (χ0v) is 9.47. The van der Waals surface area contributed by atoms with E-state index in [0.717, 1.165) is 9.75 Å². The van der Waals surface area contributed by atoms with Crippen molar-refractivity contribution in [3.05, 3.63) is 28.8 Å². The number of nitrogens with zero attached hydrogens (tertiary/aromatic N) is 2. The van der Waals surface area contributed by atoms with Gasteiger partial charge in [0.15, 0.2) is 0 Å². The first kappa shape index (κ1) is 11.2. The van der Waals surface area contributed by atoms with E-state index in [1.54, 1.807) is 13.1 Å². The Kier molecular flexibility index (Phi) is 3.02. The number of rotatable bonds is 3. The molecule has 86 valence electrons. The highest BCUT2D eigenvalue weighted by atomic mass is 32.1. The van der Waals surface area contributed by atoms with Crippen molar-refractivity contribution in [1.29, 1.82) is 0 Å². The van der Waals surface area contributed by atoms with E-state index in [2.05, 4.69) is 5.10 Å². The summed E-state index contributed by atoms with van der Waals surface area (Å²) in [5.41, 5.74) is 5.80. The summed E-state index contributed by atoms with van der Waals surface area (Å²) in [6.45, 7) is 0.418. The van der Waals surface area contributed by atoms with Gasteiger partial charge in [0.05, 0.1) is 10.4 Å². The molecule has 0 saturated heterocycles. The number of nitrogens with two attached hydrogens (primary N) is 1. The fourth-order valence-electron chi connectivity index (χ4n) is 1.47. The lowest BCUT2D eigenvalue weighted by molar-refractivity contribution is 0.152. The molecule has 16 heavy (non-hydrogen) atoms. The fourth-order valence-corrected chi connectivity index (χ4v) is 2.37. The van der Waals surface area contributed by atoms with Gasteiger partial charge in [-0.25, -0.2) is 8.78 Å². The summed E-state index contributed by atoms with van der Waals surface area (Å²) >= 11 is 1.40. The molecule has 2 heterocycles. The maximum atomic E-state index is 12.7. The SMILES string of the molecule is Cn1cc(C(F)F)c(-c2ccc(CN)s2)n1. The third-order valence-corrected chi connectivity index (χ3v) is 3.30. The Labute approximate surface area is 95.5 Å². The van der Waals surface area contributed by atoms with Crippen molar-refractivity contribution < 1.29 is 8.78 Å². The predicted molar refractivity (Wildman–Crippen MR) is 59.4 cm³/mol. The van der Waals surface area contributed by atoms with Crippen LogP contribution in [0.3, 0.4) is 0 Å². The smallest absolute Gasteiger partial charge is 0.267 e. The van der Waals surface area contributed by atoms with Crippen LogP contribution >= 0.6 is 11.3 Å². The van der Waals surface area contributed by atoms with Crippen molar-refractivity contribution in [3.8, 4) is 10.6 Å². The molecule has 0 bridgehead atoms. The minimum atomic E-state index is -2.51. The van der Waals surface area contributed by atoms with Gasteiger partial charge in [0.2, 0.25) is 0 Å². The number of hydrogen-bond donors (Lipinski definition) is 1. The van der Waals surface area contributed by atoms with Crippen LogP contribution in [0.4, 0.5) is 8.78 Å². The quantitative estimate of drug-likeness (QED) is 0.900. The van der Waals surface area contributed by atoms with Crippen LogP contribution in [0.5, 0.6) is 0 Å². The van der Waals surface area contributed by atoms with Gasteiger partial charge in [0.1, 0.15) is 5.69 Å². The molecule has 2 aromatic rings. The maximum Gasteiger partial charge on any atom is 0.267 e. The lowest BCUT2D eigenvalue weighted by atomic mass is 10.2. The molecule has 2 rings (SSSR count). The van der Waals surface area contributed by atoms with E-state index in [0.29, 0.717) is 12.2 Å². The molecular weight excluding hydrogens is 232 g/mol. The molecule has 2 aromatic heterocycles. The van der Waals surface area contributed by atoms with E-state index in [4.69, 9.17) is 5.73 Å². The van der Waals surface area contributed by atoms with Crippen LogP contribution in [0, 0.1) is 0 Å². The van der Waals surface area contributed by atoms with Crippen molar-refractivity contribution in [2.24, 2.45) is 12.8 Å². The van der Waals surface area contributed by atoms with Crippen LogP contribution in [0.1, 0.15) is 16.9 Å². The molecular formula is C10H11F2N3S. The molecule has 6 heteroatoms. The van der Waals surface area contributed by atoms with Gasteiger partial charge >= 0.3 is 0 Å². The van der Waals surface area contributed by atoms with Crippen molar-refractivity contribution in [1.82, 2.24) is 9.78 Å². The van der Waals surface area contributed by atoms with E-state index in [9.17, 15) is 8.78 Å².